The van der Waals surface area contributed by atoms with E-state index in [0.29, 0.717) is 44.0 Å². The molecule has 31 heavy (non-hydrogen) atoms. The molecular formula is C26H39NO4. The van der Waals surface area contributed by atoms with Gasteiger partial charge >= 0.3 is 0 Å². The van der Waals surface area contributed by atoms with Gasteiger partial charge in [0.1, 0.15) is 5.78 Å². The van der Waals surface area contributed by atoms with Gasteiger partial charge in [0.05, 0.1) is 6.61 Å². The van der Waals surface area contributed by atoms with Gasteiger partial charge in [-0.1, -0.05) is 25.0 Å². The Hall–Kier alpha value is -1.59. The van der Waals surface area contributed by atoms with Gasteiger partial charge in [0.2, 0.25) is 6.79 Å². The molecular weight excluding hydrogens is 390 g/mol. The predicted octanol–water partition coefficient (Wildman–Crippen LogP) is 5.18. The summed E-state index contributed by atoms with van der Waals surface area (Å²) in [6.45, 7) is 7.21. The van der Waals surface area contributed by atoms with Gasteiger partial charge in [-0.05, 0) is 82.5 Å². The van der Waals surface area contributed by atoms with Crippen molar-refractivity contribution in [2.24, 2.45) is 11.8 Å². The van der Waals surface area contributed by atoms with E-state index >= 15 is 0 Å². The predicted molar refractivity (Wildman–Crippen MR) is 122 cm³/mol. The van der Waals surface area contributed by atoms with Crippen molar-refractivity contribution in [1.82, 2.24) is 4.90 Å². The molecule has 0 N–H and O–H groups in total. The molecule has 0 amide bonds. The lowest BCUT2D eigenvalue weighted by molar-refractivity contribution is -0.121. The second-order valence-electron chi connectivity index (χ2n) is 9.56. The fraction of sp³-hybridized carbons (Fsp3) is 0.731. The number of benzene rings is 1. The van der Waals surface area contributed by atoms with E-state index < -0.39 is 0 Å². The lowest BCUT2D eigenvalue weighted by Crippen LogP contribution is -2.34. The van der Waals surface area contributed by atoms with Crippen molar-refractivity contribution in [2.45, 2.75) is 70.6 Å². The molecule has 172 valence electrons. The molecule has 0 bridgehead atoms. The average molecular weight is 430 g/mol. The summed E-state index contributed by atoms with van der Waals surface area (Å²) in [6, 6.07) is 6.32. The topological polar surface area (TPSA) is 48.0 Å². The maximum Gasteiger partial charge on any atom is 0.231 e. The van der Waals surface area contributed by atoms with Crippen molar-refractivity contribution in [3.63, 3.8) is 0 Å². The van der Waals surface area contributed by atoms with Crippen molar-refractivity contribution in [3.05, 3.63) is 23.8 Å². The highest BCUT2D eigenvalue weighted by atomic mass is 16.7. The minimum Gasteiger partial charge on any atom is -0.454 e. The van der Waals surface area contributed by atoms with E-state index in [2.05, 4.69) is 17.0 Å². The van der Waals surface area contributed by atoms with Gasteiger partial charge in [-0.3, -0.25) is 4.79 Å². The number of likely N-dealkylation sites (tertiary alicyclic amines) is 1. The van der Waals surface area contributed by atoms with Crippen LogP contribution >= 0.6 is 0 Å². The third kappa shape index (κ3) is 6.23. The van der Waals surface area contributed by atoms with Gasteiger partial charge in [0.15, 0.2) is 11.5 Å². The van der Waals surface area contributed by atoms with Crippen molar-refractivity contribution in [1.29, 1.82) is 0 Å². The van der Waals surface area contributed by atoms with E-state index in [4.69, 9.17) is 14.2 Å². The molecule has 2 fully saturated rings. The number of rotatable bonds is 10. The summed E-state index contributed by atoms with van der Waals surface area (Å²) in [5.41, 5.74) is 1.34. The number of hydrogen-bond donors (Lipinski definition) is 0. The number of para-hydroxylation sites is 1. The van der Waals surface area contributed by atoms with Crippen LogP contribution in [0.25, 0.3) is 0 Å². The molecule has 4 rings (SSSR count). The molecule has 0 atom stereocenters. The first-order valence-electron chi connectivity index (χ1n) is 12.4. The van der Waals surface area contributed by atoms with E-state index in [1.165, 1.54) is 70.1 Å². The highest BCUT2D eigenvalue weighted by molar-refractivity contribution is 5.78. The third-order valence-electron chi connectivity index (χ3n) is 7.52. The van der Waals surface area contributed by atoms with Gasteiger partial charge in [-0.15, -0.1) is 0 Å². The van der Waals surface area contributed by atoms with Crippen LogP contribution in [-0.4, -0.2) is 50.3 Å². The molecule has 0 aromatic heterocycles. The smallest absolute Gasteiger partial charge is 0.231 e. The Morgan fingerprint density at radius 2 is 1.84 bits per heavy atom. The van der Waals surface area contributed by atoms with Crippen molar-refractivity contribution in [3.8, 4) is 11.5 Å². The lowest BCUT2D eigenvalue weighted by atomic mass is 9.78. The summed E-state index contributed by atoms with van der Waals surface area (Å²) in [7, 11) is 0. The molecule has 5 heteroatoms. The zero-order valence-corrected chi connectivity index (χ0v) is 19.2. The van der Waals surface area contributed by atoms with Crippen LogP contribution < -0.4 is 9.47 Å². The standard InChI is InChI=1S/C26H39NO4/c1-2-29-17-13-23(28)18-21-8-6-20(7-9-21)10-14-27-15-11-22(12-16-27)24-4-3-5-25-26(24)31-19-30-25/h3-5,20-22H,2,6-19H2,1H3. The fourth-order valence-electron chi connectivity index (χ4n) is 5.59. The quantitative estimate of drug-likeness (QED) is 0.480. The first-order chi connectivity index (χ1) is 15.2. The summed E-state index contributed by atoms with van der Waals surface area (Å²) in [5, 5.41) is 0. The fourth-order valence-corrected chi connectivity index (χ4v) is 5.59. The number of ether oxygens (including phenoxy) is 3. The Bertz CT molecular complexity index is 705. The molecule has 3 aliphatic rings. The summed E-state index contributed by atoms with van der Waals surface area (Å²) in [4.78, 5) is 14.7. The highest BCUT2D eigenvalue weighted by Gasteiger charge is 2.28. The SMILES string of the molecule is CCOCCC(=O)CC1CCC(CCN2CCC(c3cccc4c3OCO4)CC2)CC1. The summed E-state index contributed by atoms with van der Waals surface area (Å²) in [6.07, 6.45) is 10.1. The van der Waals surface area contributed by atoms with E-state index in [9.17, 15) is 4.79 Å². The Morgan fingerprint density at radius 3 is 2.61 bits per heavy atom. The first kappa shape index (κ1) is 22.6. The maximum atomic E-state index is 12.1. The number of ketones is 1. The van der Waals surface area contributed by atoms with Crippen LogP contribution in [0.1, 0.15) is 76.2 Å². The molecule has 0 spiro atoms. The van der Waals surface area contributed by atoms with Crippen LogP contribution in [0.2, 0.25) is 0 Å². The number of carbonyl (C=O) groups is 1. The second-order valence-corrected chi connectivity index (χ2v) is 9.56. The molecule has 1 aliphatic carbocycles. The maximum absolute atomic E-state index is 12.1. The van der Waals surface area contributed by atoms with Crippen molar-refractivity contribution in [2.75, 3.05) is 39.6 Å². The van der Waals surface area contributed by atoms with E-state index in [1.54, 1.807) is 0 Å². The van der Waals surface area contributed by atoms with Crippen LogP contribution in [0, 0.1) is 11.8 Å². The van der Waals surface area contributed by atoms with Gasteiger partial charge in [0.25, 0.3) is 0 Å². The number of piperidine rings is 1. The Labute approximate surface area is 187 Å². The molecule has 2 aliphatic heterocycles. The van der Waals surface area contributed by atoms with E-state index in [1.807, 2.05) is 13.0 Å². The number of carbonyl (C=O) groups excluding carboxylic acids is 1. The van der Waals surface area contributed by atoms with Crippen LogP contribution in [0.15, 0.2) is 18.2 Å². The van der Waals surface area contributed by atoms with Crippen LogP contribution in [-0.2, 0) is 9.53 Å². The molecule has 1 aromatic carbocycles. The minimum absolute atomic E-state index is 0.356. The van der Waals surface area contributed by atoms with E-state index in [-0.39, 0.29) is 0 Å². The largest absolute Gasteiger partial charge is 0.454 e. The minimum atomic E-state index is 0.356. The zero-order valence-electron chi connectivity index (χ0n) is 19.2. The molecule has 5 nitrogen and oxygen atoms in total. The van der Waals surface area contributed by atoms with Gasteiger partial charge in [-0.25, -0.2) is 0 Å². The van der Waals surface area contributed by atoms with Crippen molar-refractivity contribution >= 4 is 5.78 Å². The Kier molecular flexibility index (Phi) is 8.26. The molecule has 1 saturated carbocycles. The van der Waals surface area contributed by atoms with Crippen LogP contribution in [0.5, 0.6) is 11.5 Å². The summed E-state index contributed by atoms with van der Waals surface area (Å²) < 4.78 is 16.6. The normalized spacial score (nSPS) is 24.4. The first-order valence-corrected chi connectivity index (χ1v) is 12.4. The molecule has 2 heterocycles. The highest BCUT2D eigenvalue weighted by Crippen LogP contribution is 2.42. The monoisotopic (exact) mass is 429 g/mol. The Balaban J connectivity index is 1.12. The average Bonchev–Trinajstić information content (AvgIpc) is 3.28. The molecule has 0 radical (unpaired) electrons. The summed E-state index contributed by atoms with van der Waals surface area (Å²) in [5.74, 6) is 4.32. The third-order valence-corrected chi connectivity index (χ3v) is 7.52. The molecule has 0 unspecified atom stereocenters. The Morgan fingerprint density at radius 1 is 1.06 bits per heavy atom. The van der Waals surface area contributed by atoms with Gasteiger partial charge in [-0.2, -0.15) is 0 Å². The molecule has 1 saturated heterocycles. The van der Waals surface area contributed by atoms with Gasteiger partial charge in [0, 0.05) is 25.0 Å². The van der Waals surface area contributed by atoms with E-state index in [0.717, 1.165) is 23.8 Å². The number of Topliss-reactive ketones (excluding diaryl/α,β-unsaturated/α-hetero) is 1. The number of nitrogens with zero attached hydrogens (tertiary/aromatic N) is 1. The number of hydrogen-bond acceptors (Lipinski definition) is 5. The van der Waals surface area contributed by atoms with Gasteiger partial charge < -0.3 is 19.1 Å². The lowest BCUT2D eigenvalue weighted by Gasteiger charge is -2.34. The zero-order chi connectivity index (χ0) is 21.5. The number of fused-ring (bicyclic) bond motifs is 1. The summed E-state index contributed by atoms with van der Waals surface area (Å²) >= 11 is 0. The van der Waals surface area contributed by atoms with Crippen molar-refractivity contribution < 1.29 is 19.0 Å². The van der Waals surface area contributed by atoms with Crippen LogP contribution in [0.3, 0.4) is 0 Å². The molecule has 1 aromatic rings. The second kappa shape index (κ2) is 11.3. The van der Waals surface area contributed by atoms with Crippen LogP contribution in [0.4, 0.5) is 0 Å².